The van der Waals surface area contributed by atoms with Crippen molar-refractivity contribution >= 4 is 56.3 Å². The third-order valence-corrected chi connectivity index (χ3v) is 13.5. The maximum atomic E-state index is 14.3. The summed E-state index contributed by atoms with van der Waals surface area (Å²) in [5.74, 6) is 0.738. The number of aromatic amines is 2. The molecule has 358 valence electrons. The van der Waals surface area contributed by atoms with Gasteiger partial charge < -0.3 is 49.3 Å². The van der Waals surface area contributed by atoms with Gasteiger partial charge in [-0.05, 0) is 102 Å². The molecule has 0 radical (unpaired) electrons. The van der Waals surface area contributed by atoms with Crippen LogP contribution in [-0.2, 0) is 35.1 Å². The van der Waals surface area contributed by atoms with Crippen molar-refractivity contribution in [1.29, 1.82) is 0 Å². The molecule has 16 heteroatoms. The van der Waals surface area contributed by atoms with Crippen LogP contribution in [0.5, 0.6) is 0 Å². The lowest BCUT2D eigenvalue weighted by Crippen LogP contribution is -2.54. The van der Waals surface area contributed by atoms with Gasteiger partial charge in [-0.25, -0.2) is 19.6 Å². The number of nitrogens with zero attached hydrogens (tertiary/aromatic N) is 4. The van der Waals surface area contributed by atoms with E-state index >= 15 is 0 Å². The van der Waals surface area contributed by atoms with Gasteiger partial charge in [-0.1, -0.05) is 61.5 Å². The molecule has 4 N–H and O–H groups in total. The van der Waals surface area contributed by atoms with E-state index in [0.29, 0.717) is 83.3 Å². The SMILES string of the molecule is C=CCCN(Cc1ncc(-c2ccc3c4ccc(-c5cnc([C@H](C)N(CCC)C(=O)[C@@H](NC(=O)OC)C6CCOCC6)[nH]5)cc4c4ccccc4c3c2)[nH]1)C(=O)[C@@H](NC(=O)OC)C1CCOCC1. The largest absolute Gasteiger partial charge is 0.453 e. The Bertz CT molecular complexity index is 2740. The number of alkyl carbamates (subject to hydrolysis) is 2. The Morgan fingerprint density at radius 1 is 0.735 bits per heavy atom. The van der Waals surface area contributed by atoms with E-state index in [2.05, 4.69) is 87.8 Å². The van der Waals surface area contributed by atoms with Crippen molar-refractivity contribution in [2.75, 3.05) is 53.7 Å². The van der Waals surface area contributed by atoms with E-state index in [1.807, 2.05) is 20.0 Å². The highest BCUT2D eigenvalue weighted by molar-refractivity contribution is 6.26. The number of aromatic nitrogens is 4. The number of imidazole rings is 2. The number of ether oxygens (including phenoxy) is 4. The number of hydrogen-bond donors (Lipinski definition) is 4. The van der Waals surface area contributed by atoms with E-state index in [0.717, 1.165) is 61.3 Å². The summed E-state index contributed by atoms with van der Waals surface area (Å²) in [5, 5.41) is 12.2. The first-order valence-electron chi connectivity index (χ1n) is 23.6. The second kappa shape index (κ2) is 21.9. The normalized spacial score (nSPS) is 15.9. The Labute approximate surface area is 396 Å². The maximum absolute atomic E-state index is 14.3. The fourth-order valence-electron chi connectivity index (χ4n) is 9.76. The number of amides is 4. The van der Waals surface area contributed by atoms with Crippen molar-refractivity contribution in [3.05, 3.63) is 97.4 Å². The van der Waals surface area contributed by atoms with Gasteiger partial charge in [0, 0.05) is 50.6 Å². The summed E-state index contributed by atoms with van der Waals surface area (Å²) in [6.07, 6.45) is 8.04. The predicted octanol–water partition coefficient (Wildman–Crippen LogP) is 8.43. The fourth-order valence-corrected chi connectivity index (χ4v) is 9.76. The molecule has 0 bridgehead atoms. The van der Waals surface area contributed by atoms with Crippen LogP contribution in [0.4, 0.5) is 9.59 Å². The van der Waals surface area contributed by atoms with Crippen LogP contribution in [0.25, 0.3) is 54.8 Å². The van der Waals surface area contributed by atoms with Gasteiger partial charge in [0.15, 0.2) is 0 Å². The molecule has 3 atom stereocenters. The first-order valence-corrected chi connectivity index (χ1v) is 23.6. The molecule has 16 nitrogen and oxygen atoms in total. The van der Waals surface area contributed by atoms with Crippen LogP contribution < -0.4 is 10.6 Å². The molecule has 2 aliphatic heterocycles. The average molecular weight is 927 g/mol. The number of benzene rings is 4. The molecule has 4 amide bonds. The standard InChI is InChI=1S/C52H62N8O8/c1-6-8-22-59(49(61)46(57-51(63)65-4)33-17-23-67-24-18-33)31-45-53-29-43(55-45)35-13-15-39-40-16-14-36(28-42(40)38-12-10-9-11-37(38)41(39)27-35)44-30-54-48(56-44)32(3)60(21-7-2)50(62)47(58-52(64)66-5)34-19-25-68-26-20-34/h6,9-16,27-30,32-34,46-47H,1,7-8,17-26,31H2,2-5H3,(H,53,55)(H,54,56)(H,57,63)(H,58,64)/t32-,46-,47-/m0/s1. The highest BCUT2D eigenvalue weighted by atomic mass is 16.5. The number of nitrogens with one attached hydrogen (secondary N) is 4. The Hall–Kier alpha value is -6.78. The third kappa shape index (κ3) is 10.4. The molecule has 4 aromatic carbocycles. The lowest BCUT2D eigenvalue weighted by molar-refractivity contribution is -0.138. The molecule has 0 spiro atoms. The number of carbonyl (C=O) groups excluding carboxylic acids is 4. The summed E-state index contributed by atoms with van der Waals surface area (Å²) in [6, 6.07) is 19.3. The monoisotopic (exact) mass is 926 g/mol. The summed E-state index contributed by atoms with van der Waals surface area (Å²) in [6.45, 7) is 11.1. The highest BCUT2D eigenvalue weighted by Crippen LogP contribution is 2.39. The Morgan fingerprint density at radius 3 is 1.78 bits per heavy atom. The second-order valence-corrected chi connectivity index (χ2v) is 17.7. The van der Waals surface area contributed by atoms with Crippen molar-refractivity contribution in [3.63, 3.8) is 0 Å². The number of hydrogen-bond acceptors (Lipinski definition) is 10. The Morgan fingerprint density at radius 2 is 1.25 bits per heavy atom. The number of H-pyrrole nitrogens is 2. The van der Waals surface area contributed by atoms with Crippen molar-refractivity contribution in [3.8, 4) is 22.5 Å². The minimum absolute atomic E-state index is 0.0733. The van der Waals surface area contributed by atoms with E-state index in [1.165, 1.54) is 14.2 Å². The van der Waals surface area contributed by atoms with E-state index in [1.54, 1.807) is 22.1 Å². The molecule has 8 rings (SSSR count). The van der Waals surface area contributed by atoms with Gasteiger partial charge in [0.2, 0.25) is 11.8 Å². The van der Waals surface area contributed by atoms with Crippen molar-refractivity contribution < 1.29 is 38.1 Å². The van der Waals surface area contributed by atoms with Crippen LogP contribution in [0.2, 0.25) is 0 Å². The van der Waals surface area contributed by atoms with Gasteiger partial charge in [-0.15, -0.1) is 6.58 Å². The van der Waals surface area contributed by atoms with E-state index < -0.39 is 30.3 Å². The minimum Gasteiger partial charge on any atom is -0.453 e. The van der Waals surface area contributed by atoms with Crippen molar-refractivity contribution in [2.24, 2.45) is 11.8 Å². The summed E-state index contributed by atoms with van der Waals surface area (Å²) in [4.78, 5) is 73.3. The van der Waals surface area contributed by atoms with E-state index in [-0.39, 0.29) is 30.2 Å². The number of methoxy groups -OCH3 is 2. The van der Waals surface area contributed by atoms with Crippen LogP contribution in [0, 0.1) is 11.8 Å². The molecule has 4 heterocycles. The van der Waals surface area contributed by atoms with Crippen LogP contribution in [0.15, 0.2) is 85.7 Å². The van der Waals surface area contributed by atoms with Crippen molar-refractivity contribution in [2.45, 2.75) is 77.0 Å². The fraction of sp³-hybridized carbons (Fsp3) is 0.423. The first-order chi connectivity index (χ1) is 33.1. The van der Waals surface area contributed by atoms with Crippen LogP contribution in [-0.4, -0.2) is 120 Å². The van der Waals surface area contributed by atoms with Gasteiger partial charge in [0.05, 0.1) is 50.6 Å². The Balaban J connectivity index is 1.06. The molecule has 0 unspecified atom stereocenters. The predicted molar refractivity (Wildman–Crippen MR) is 261 cm³/mol. The summed E-state index contributed by atoms with van der Waals surface area (Å²) < 4.78 is 20.9. The van der Waals surface area contributed by atoms with Crippen LogP contribution in [0.3, 0.4) is 0 Å². The third-order valence-electron chi connectivity index (χ3n) is 13.5. The average Bonchev–Trinajstić information content (AvgIpc) is 4.08. The Kier molecular flexibility index (Phi) is 15.4. The molecule has 2 aliphatic rings. The first kappa shape index (κ1) is 47.7. The van der Waals surface area contributed by atoms with Gasteiger partial charge in [-0.3, -0.25) is 9.59 Å². The molecule has 0 saturated carbocycles. The van der Waals surface area contributed by atoms with Crippen LogP contribution in [0.1, 0.15) is 70.1 Å². The summed E-state index contributed by atoms with van der Waals surface area (Å²) >= 11 is 0. The minimum atomic E-state index is -0.760. The summed E-state index contributed by atoms with van der Waals surface area (Å²) in [7, 11) is 2.60. The molecule has 2 aromatic heterocycles. The zero-order valence-corrected chi connectivity index (χ0v) is 39.3. The zero-order chi connectivity index (χ0) is 47.7. The van der Waals surface area contributed by atoms with Gasteiger partial charge in [0.25, 0.3) is 0 Å². The molecule has 6 aromatic rings. The lowest BCUT2D eigenvalue weighted by atomic mass is 9.90. The molecule has 0 aliphatic carbocycles. The summed E-state index contributed by atoms with van der Waals surface area (Å²) in [5.41, 5.74) is 3.54. The smallest absolute Gasteiger partial charge is 0.407 e. The number of rotatable bonds is 17. The zero-order valence-electron chi connectivity index (χ0n) is 39.3. The molecular formula is C52H62N8O8. The molecule has 2 fully saturated rings. The van der Waals surface area contributed by atoms with Gasteiger partial charge in [-0.2, -0.15) is 0 Å². The highest BCUT2D eigenvalue weighted by Gasteiger charge is 2.37. The molecule has 2 saturated heterocycles. The van der Waals surface area contributed by atoms with Gasteiger partial charge in [0.1, 0.15) is 23.7 Å². The van der Waals surface area contributed by atoms with Crippen LogP contribution >= 0.6 is 0 Å². The van der Waals surface area contributed by atoms with Crippen molar-refractivity contribution in [1.82, 2.24) is 40.4 Å². The molecule has 68 heavy (non-hydrogen) atoms. The lowest BCUT2D eigenvalue weighted by Gasteiger charge is -2.36. The topological polar surface area (TPSA) is 193 Å². The quantitative estimate of drug-likeness (QED) is 0.0510. The number of fused-ring (bicyclic) bond motifs is 6. The maximum Gasteiger partial charge on any atom is 0.407 e. The second-order valence-electron chi connectivity index (χ2n) is 17.7. The van der Waals surface area contributed by atoms with E-state index in [9.17, 15) is 19.2 Å². The van der Waals surface area contributed by atoms with E-state index in [4.69, 9.17) is 28.9 Å². The number of carbonyl (C=O) groups is 4. The molecular weight excluding hydrogens is 865 g/mol. The van der Waals surface area contributed by atoms with Gasteiger partial charge >= 0.3 is 12.2 Å².